The molecule has 0 spiro atoms. The molecule has 5 heteroatoms. The third kappa shape index (κ3) is 3.35. The molecule has 0 radical (unpaired) electrons. The summed E-state index contributed by atoms with van der Waals surface area (Å²) in [6.45, 7) is 1.62. The lowest BCUT2D eigenvalue weighted by molar-refractivity contribution is -0.121. The number of fused-ring (bicyclic) bond motifs is 1. The Morgan fingerprint density at radius 3 is 2.86 bits per heavy atom. The van der Waals surface area contributed by atoms with Crippen LogP contribution in [-0.2, 0) is 11.2 Å². The normalized spacial score (nSPS) is 17.2. The molecular formula is C16H20N2O3. The van der Waals surface area contributed by atoms with Crippen molar-refractivity contribution in [2.75, 3.05) is 18.0 Å². The largest absolute Gasteiger partial charge is 0.478 e. The molecule has 1 amide bonds. The van der Waals surface area contributed by atoms with Crippen molar-refractivity contribution < 1.29 is 14.7 Å². The average molecular weight is 288 g/mol. The van der Waals surface area contributed by atoms with E-state index in [9.17, 15) is 9.59 Å². The molecule has 1 aromatic carbocycles. The van der Waals surface area contributed by atoms with Crippen molar-refractivity contribution in [2.24, 2.45) is 0 Å². The number of amides is 1. The lowest BCUT2D eigenvalue weighted by Crippen LogP contribution is -2.34. The summed E-state index contributed by atoms with van der Waals surface area (Å²) in [5, 5.41) is 12.0. The molecule has 0 saturated heterocycles. The molecule has 1 saturated carbocycles. The van der Waals surface area contributed by atoms with Gasteiger partial charge in [-0.1, -0.05) is 0 Å². The number of anilines is 1. The number of carboxylic acid groups (broad SMARTS) is 1. The second kappa shape index (κ2) is 5.76. The van der Waals surface area contributed by atoms with Crippen molar-refractivity contribution in [3.63, 3.8) is 0 Å². The molecule has 0 unspecified atom stereocenters. The van der Waals surface area contributed by atoms with Crippen LogP contribution in [0.25, 0.3) is 0 Å². The second-order valence-corrected chi connectivity index (χ2v) is 5.83. The van der Waals surface area contributed by atoms with Gasteiger partial charge in [-0.3, -0.25) is 4.79 Å². The molecule has 0 atom stereocenters. The number of aryl methyl sites for hydroxylation is 1. The van der Waals surface area contributed by atoms with Gasteiger partial charge in [-0.25, -0.2) is 4.79 Å². The van der Waals surface area contributed by atoms with Gasteiger partial charge in [0.2, 0.25) is 5.91 Å². The van der Waals surface area contributed by atoms with Gasteiger partial charge >= 0.3 is 5.97 Å². The van der Waals surface area contributed by atoms with Crippen LogP contribution in [0.3, 0.4) is 0 Å². The first-order valence-corrected chi connectivity index (χ1v) is 7.54. The number of carbonyl (C=O) groups excluding carboxylic acids is 1. The molecule has 1 aliphatic carbocycles. The van der Waals surface area contributed by atoms with E-state index in [1.54, 1.807) is 12.1 Å². The van der Waals surface area contributed by atoms with E-state index in [-0.39, 0.29) is 5.91 Å². The zero-order chi connectivity index (χ0) is 14.8. The third-order valence-electron chi connectivity index (χ3n) is 4.09. The predicted octanol–water partition coefficient (Wildman–Crippen LogP) is 1.81. The summed E-state index contributed by atoms with van der Waals surface area (Å²) in [5.41, 5.74) is 2.48. The van der Waals surface area contributed by atoms with Gasteiger partial charge in [0, 0.05) is 31.2 Å². The molecule has 112 valence electrons. The zero-order valence-electron chi connectivity index (χ0n) is 12.0. The van der Waals surface area contributed by atoms with Crippen LogP contribution in [0.4, 0.5) is 5.69 Å². The van der Waals surface area contributed by atoms with Crippen LogP contribution in [-0.4, -0.2) is 36.1 Å². The molecule has 2 aliphatic rings. The van der Waals surface area contributed by atoms with Crippen molar-refractivity contribution in [3.8, 4) is 0 Å². The molecule has 2 N–H and O–H groups in total. The van der Waals surface area contributed by atoms with E-state index in [2.05, 4.69) is 10.2 Å². The molecule has 5 nitrogen and oxygen atoms in total. The molecule has 0 bridgehead atoms. The Balaban J connectivity index is 1.65. The van der Waals surface area contributed by atoms with Crippen LogP contribution in [0.1, 0.15) is 41.6 Å². The first kappa shape index (κ1) is 13.9. The number of hydrogen-bond acceptors (Lipinski definition) is 3. The van der Waals surface area contributed by atoms with Crippen LogP contribution in [0.2, 0.25) is 0 Å². The van der Waals surface area contributed by atoms with Gasteiger partial charge in [0.15, 0.2) is 0 Å². The van der Waals surface area contributed by atoms with Crippen LogP contribution in [0.15, 0.2) is 18.2 Å². The molecule has 1 aromatic rings. The molecule has 3 rings (SSSR count). The van der Waals surface area contributed by atoms with Crippen molar-refractivity contribution in [3.05, 3.63) is 29.3 Å². The van der Waals surface area contributed by atoms with Gasteiger partial charge in [-0.15, -0.1) is 0 Å². The summed E-state index contributed by atoms with van der Waals surface area (Å²) in [6.07, 6.45) is 4.62. The number of benzene rings is 1. The monoisotopic (exact) mass is 288 g/mol. The molecule has 1 aliphatic heterocycles. The number of carboxylic acids is 1. The highest BCUT2D eigenvalue weighted by atomic mass is 16.4. The van der Waals surface area contributed by atoms with E-state index in [4.69, 9.17) is 5.11 Å². The number of aromatic carboxylic acids is 1. The highest BCUT2D eigenvalue weighted by Crippen LogP contribution is 2.28. The van der Waals surface area contributed by atoms with E-state index in [0.717, 1.165) is 43.5 Å². The van der Waals surface area contributed by atoms with E-state index in [1.165, 1.54) is 0 Å². The molecule has 0 aromatic heterocycles. The van der Waals surface area contributed by atoms with E-state index < -0.39 is 5.97 Å². The Kier molecular flexibility index (Phi) is 3.82. The van der Waals surface area contributed by atoms with Crippen molar-refractivity contribution in [2.45, 2.75) is 38.1 Å². The van der Waals surface area contributed by atoms with E-state index in [0.29, 0.717) is 24.6 Å². The first-order valence-electron chi connectivity index (χ1n) is 7.54. The molecular weight excluding hydrogens is 268 g/mol. The summed E-state index contributed by atoms with van der Waals surface area (Å²) in [6, 6.07) is 5.68. The lowest BCUT2D eigenvalue weighted by atomic mass is 9.99. The molecule has 1 heterocycles. The number of nitrogens with one attached hydrogen (secondary N) is 1. The summed E-state index contributed by atoms with van der Waals surface area (Å²) in [4.78, 5) is 25.0. The second-order valence-electron chi connectivity index (χ2n) is 5.83. The number of hydrogen-bond donors (Lipinski definition) is 2. The smallest absolute Gasteiger partial charge is 0.335 e. The fourth-order valence-corrected chi connectivity index (χ4v) is 2.80. The minimum atomic E-state index is -0.890. The Bertz CT molecular complexity index is 567. The molecule has 21 heavy (non-hydrogen) atoms. The van der Waals surface area contributed by atoms with E-state index >= 15 is 0 Å². The zero-order valence-corrected chi connectivity index (χ0v) is 12.0. The quantitative estimate of drug-likeness (QED) is 0.867. The van der Waals surface area contributed by atoms with Gasteiger partial charge in [0.05, 0.1) is 5.56 Å². The Hall–Kier alpha value is -2.04. The van der Waals surface area contributed by atoms with Gasteiger partial charge in [0.1, 0.15) is 0 Å². The van der Waals surface area contributed by atoms with Crippen molar-refractivity contribution >= 4 is 17.6 Å². The van der Waals surface area contributed by atoms with Gasteiger partial charge in [-0.2, -0.15) is 0 Å². The van der Waals surface area contributed by atoms with Gasteiger partial charge in [0.25, 0.3) is 0 Å². The predicted molar refractivity (Wildman–Crippen MR) is 79.7 cm³/mol. The lowest BCUT2D eigenvalue weighted by Gasteiger charge is -2.31. The fourth-order valence-electron chi connectivity index (χ4n) is 2.80. The number of nitrogens with zero attached hydrogens (tertiary/aromatic N) is 1. The van der Waals surface area contributed by atoms with Crippen LogP contribution in [0, 0.1) is 0 Å². The maximum absolute atomic E-state index is 11.8. The standard InChI is InChI=1S/C16H20N2O3/c19-15(17-13-4-5-13)7-9-18-8-1-2-11-10-12(16(20)21)3-6-14(11)18/h3,6,10,13H,1-2,4-5,7-9H2,(H,17,19)(H,20,21). The van der Waals surface area contributed by atoms with Crippen LogP contribution < -0.4 is 10.2 Å². The highest BCUT2D eigenvalue weighted by molar-refractivity contribution is 5.88. The summed E-state index contributed by atoms with van der Waals surface area (Å²) < 4.78 is 0. The highest BCUT2D eigenvalue weighted by Gasteiger charge is 2.24. The number of rotatable bonds is 5. The van der Waals surface area contributed by atoms with Crippen molar-refractivity contribution in [1.29, 1.82) is 0 Å². The topological polar surface area (TPSA) is 69.6 Å². The fraction of sp³-hybridized carbons (Fsp3) is 0.500. The van der Waals surface area contributed by atoms with Crippen LogP contribution >= 0.6 is 0 Å². The summed E-state index contributed by atoms with van der Waals surface area (Å²) in [5.74, 6) is -0.773. The van der Waals surface area contributed by atoms with E-state index in [1.807, 2.05) is 6.07 Å². The SMILES string of the molecule is O=C(CCN1CCCc2cc(C(=O)O)ccc21)NC1CC1. The van der Waals surface area contributed by atoms with Crippen LogP contribution in [0.5, 0.6) is 0 Å². The Labute approximate surface area is 123 Å². The van der Waals surface area contributed by atoms with Gasteiger partial charge < -0.3 is 15.3 Å². The summed E-state index contributed by atoms with van der Waals surface area (Å²) in [7, 11) is 0. The molecule has 1 fully saturated rings. The first-order chi connectivity index (χ1) is 10.1. The summed E-state index contributed by atoms with van der Waals surface area (Å²) >= 11 is 0. The minimum absolute atomic E-state index is 0.117. The van der Waals surface area contributed by atoms with Crippen molar-refractivity contribution in [1.82, 2.24) is 5.32 Å². The maximum Gasteiger partial charge on any atom is 0.335 e. The Morgan fingerprint density at radius 1 is 1.33 bits per heavy atom. The minimum Gasteiger partial charge on any atom is -0.478 e. The van der Waals surface area contributed by atoms with Gasteiger partial charge in [-0.05, 0) is 49.4 Å². The average Bonchev–Trinajstić information content (AvgIpc) is 3.28. The Morgan fingerprint density at radius 2 is 2.14 bits per heavy atom. The third-order valence-corrected chi connectivity index (χ3v) is 4.09. The maximum atomic E-state index is 11.8. The number of carbonyl (C=O) groups is 2.